The van der Waals surface area contributed by atoms with Crippen LogP contribution in [0.3, 0.4) is 0 Å². The number of carbonyl (C=O) groups excluding carboxylic acids is 3. The van der Waals surface area contributed by atoms with E-state index in [-0.39, 0.29) is 24.4 Å². The van der Waals surface area contributed by atoms with Gasteiger partial charge in [0, 0.05) is 23.1 Å². The minimum atomic E-state index is -0.606. The van der Waals surface area contributed by atoms with Gasteiger partial charge in [-0.25, -0.2) is 5.06 Å². The zero-order chi connectivity index (χ0) is 20.0. The molecule has 2 fully saturated rings. The third kappa shape index (κ3) is 5.60. The molecule has 0 aromatic heterocycles. The van der Waals surface area contributed by atoms with Gasteiger partial charge in [0.25, 0.3) is 0 Å². The highest BCUT2D eigenvalue weighted by Crippen LogP contribution is 2.37. The molecule has 2 N–H and O–H groups in total. The monoisotopic (exact) mass is 399 g/mol. The van der Waals surface area contributed by atoms with E-state index in [9.17, 15) is 19.6 Å². The maximum atomic E-state index is 13.2. The zero-order valence-corrected chi connectivity index (χ0v) is 17.5. The maximum absolute atomic E-state index is 13.2. The lowest BCUT2D eigenvalue weighted by Crippen LogP contribution is -2.59. The molecule has 0 aromatic rings. The third-order valence-corrected chi connectivity index (χ3v) is 7.12. The van der Waals surface area contributed by atoms with E-state index >= 15 is 0 Å². The minimum absolute atomic E-state index is 0.00599. The van der Waals surface area contributed by atoms with E-state index in [0.29, 0.717) is 17.9 Å². The average molecular weight is 400 g/mol. The first-order valence-corrected chi connectivity index (χ1v) is 10.9. The molecule has 8 heteroatoms. The van der Waals surface area contributed by atoms with Gasteiger partial charge in [-0.05, 0) is 39.5 Å². The number of unbranched alkanes of at least 4 members (excludes halogenated alkanes) is 1. The fourth-order valence-corrected chi connectivity index (χ4v) is 5.14. The van der Waals surface area contributed by atoms with Crippen LogP contribution in [0.4, 0.5) is 0 Å². The molecule has 2 rings (SSSR count). The van der Waals surface area contributed by atoms with E-state index in [2.05, 4.69) is 5.32 Å². The van der Waals surface area contributed by atoms with Crippen molar-refractivity contribution >= 4 is 30.0 Å². The normalized spacial score (nSPS) is 25.9. The molecule has 2 heterocycles. The van der Waals surface area contributed by atoms with Crippen LogP contribution in [0.15, 0.2) is 0 Å². The largest absolute Gasteiger partial charge is 0.343 e. The van der Waals surface area contributed by atoms with Crippen molar-refractivity contribution in [2.24, 2.45) is 5.92 Å². The van der Waals surface area contributed by atoms with Crippen LogP contribution in [0.25, 0.3) is 0 Å². The van der Waals surface area contributed by atoms with Gasteiger partial charge in [-0.3, -0.25) is 19.6 Å². The zero-order valence-electron chi connectivity index (χ0n) is 16.6. The average Bonchev–Trinajstić information content (AvgIpc) is 2.75. The van der Waals surface area contributed by atoms with E-state index in [1.165, 1.54) is 0 Å². The summed E-state index contributed by atoms with van der Waals surface area (Å²) >= 11 is 1.74. The fourth-order valence-electron chi connectivity index (χ4n) is 3.84. The Balaban J connectivity index is 2.15. The molecule has 3 atom stereocenters. The third-order valence-electron chi connectivity index (χ3n) is 5.59. The molecule has 0 bridgehead atoms. The van der Waals surface area contributed by atoms with Crippen molar-refractivity contribution in [1.29, 1.82) is 0 Å². The molecule has 0 spiro atoms. The van der Waals surface area contributed by atoms with Crippen LogP contribution in [-0.2, 0) is 14.4 Å². The minimum Gasteiger partial charge on any atom is -0.343 e. The summed E-state index contributed by atoms with van der Waals surface area (Å²) in [5, 5.41) is 13.0. The van der Waals surface area contributed by atoms with Crippen LogP contribution >= 0.6 is 11.8 Å². The van der Waals surface area contributed by atoms with Crippen LogP contribution in [0.5, 0.6) is 0 Å². The molecule has 1 unspecified atom stereocenters. The highest BCUT2D eigenvalue weighted by molar-refractivity contribution is 8.00. The van der Waals surface area contributed by atoms with Crippen LogP contribution < -0.4 is 5.32 Å². The van der Waals surface area contributed by atoms with Crippen molar-refractivity contribution in [3.63, 3.8) is 0 Å². The van der Waals surface area contributed by atoms with Crippen molar-refractivity contribution < 1.29 is 19.6 Å². The van der Waals surface area contributed by atoms with E-state index in [0.717, 1.165) is 44.4 Å². The van der Waals surface area contributed by atoms with Crippen molar-refractivity contribution in [1.82, 2.24) is 15.3 Å². The van der Waals surface area contributed by atoms with E-state index in [1.54, 1.807) is 11.8 Å². The topological polar surface area (TPSA) is 90.0 Å². The summed E-state index contributed by atoms with van der Waals surface area (Å²) in [5.41, 5.74) is 0. The first kappa shape index (κ1) is 22.0. The number of piperidine rings is 1. The van der Waals surface area contributed by atoms with Gasteiger partial charge in [-0.2, -0.15) is 11.8 Å². The molecule has 27 heavy (non-hydrogen) atoms. The van der Waals surface area contributed by atoms with Gasteiger partial charge in [-0.15, -0.1) is 0 Å². The lowest BCUT2D eigenvalue weighted by Gasteiger charge is -2.37. The number of thioether (sulfide) groups is 1. The quantitative estimate of drug-likeness (QED) is 0.370. The number of carbonyl (C=O) groups is 3. The molecule has 154 valence electrons. The Hall–Kier alpha value is -1.28. The Morgan fingerprint density at radius 3 is 2.89 bits per heavy atom. The molecule has 0 aromatic carbocycles. The van der Waals surface area contributed by atoms with Crippen molar-refractivity contribution in [2.75, 3.05) is 18.8 Å². The second-order valence-corrected chi connectivity index (χ2v) is 9.78. The number of hydrogen-bond acceptors (Lipinski definition) is 5. The Kier molecular flexibility index (Phi) is 7.97. The van der Waals surface area contributed by atoms with Crippen LogP contribution in [-0.4, -0.2) is 69.1 Å². The number of rotatable bonds is 8. The smallest absolute Gasteiger partial charge is 0.246 e. The Morgan fingerprint density at radius 1 is 1.48 bits per heavy atom. The molecule has 2 saturated heterocycles. The summed E-state index contributed by atoms with van der Waals surface area (Å²) in [4.78, 5) is 38.9. The molecule has 0 aliphatic carbocycles. The van der Waals surface area contributed by atoms with Crippen molar-refractivity contribution in [2.45, 2.75) is 76.1 Å². The lowest BCUT2D eigenvalue weighted by molar-refractivity contribution is -0.155. The number of nitrogens with one attached hydrogen (secondary N) is 1. The Bertz CT molecular complexity index is 543. The summed E-state index contributed by atoms with van der Waals surface area (Å²) < 4.78 is -0.414. The predicted molar refractivity (Wildman–Crippen MR) is 105 cm³/mol. The summed E-state index contributed by atoms with van der Waals surface area (Å²) in [6, 6.07) is -0.359. The van der Waals surface area contributed by atoms with Crippen LogP contribution in [0, 0.1) is 5.92 Å². The first-order chi connectivity index (χ1) is 12.8. The fraction of sp³-hybridized carbons (Fsp3) is 0.842. The second kappa shape index (κ2) is 9.78. The number of hydrogen-bond donors (Lipinski definition) is 2. The SMILES string of the molecule is CCCC[C@@H](CN(O)C=O)C(=O)N[C@@H]1C(=O)N2CCCCC2CSC1(C)C. The standard InChI is InChI=1S/C19H33N3O4S/c1-4-5-8-14(11-21(26)13-23)17(24)20-16-18(25)22-10-7-6-9-15(22)12-27-19(16,2)3/h13-16,26H,4-12H2,1-3H3,(H,20,24)/t14-,15?,16+/m0/s1. The van der Waals surface area contributed by atoms with Crippen molar-refractivity contribution in [3.8, 4) is 0 Å². The van der Waals surface area contributed by atoms with Gasteiger partial charge in [0.05, 0.1) is 12.5 Å². The van der Waals surface area contributed by atoms with Crippen LogP contribution in [0.1, 0.15) is 59.3 Å². The number of fused-ring (bicyclic) bond motifs is 1. The van der Waals surface area contributed by atoms with Crippen LogP contribution in [0.2, 0.25) is 0 Å². The van der Waals surface area contributed by atoms with E-state index in [1.807, 2.05) is 25.7 Å². The molecule has 2 aliphatic heterocycles. The summed E-state index contributed by atoms with van der Waals surface area (Å²) in [7, 11) is 0. The Labute approximate surface area is 166 Å². The van der Waals surface area contributed by atoms with E-state index < -0.39 is 16.7 Å². The molecule has 7 nitrogen and oxygen atoms in total. The van der Waals surface area contributed by atoms with Gasteiger partial charge < -0.3 is 10.2 Å². The maximum Gasteiger partial charge on any atom is 0.246 e. The van der Waals surface area contributed by atoms with Gasteiger partial charge in [-0.1, -0.05) is 19.8 Å². The number of amides is 3. The molecule has 2 aliphatic rings. The number of nitrogens with zero attached hydrogens (tertiary/aromatic N) is 2. The molecular formula is C19H33N3O4S. The van der Waals surface area contributed by atoms with Gasteiger partial charge >= 0.3 is 0 Å². The molecule has 3 amide bonds. The molecule has 0 saturated carbocycles. The van der Waals surface area contributed by atoms with E-state index in [4.69, 9.17) is 0 Å². The van der Waals surface area contributed by atoms with Gasteiger partial charge in [0.2, 0.25) is 18.2 Å². The first-order valence-electron chi connectivity index (χ1n) is 9.95. The Morgan fingerprint density at radius 2 is 2.22 bits per heavy atom. The van der Waals surface area contributed by atoms with Gasteiger partial charge in [0.15, 0.2) is 0 Å². The highest BCUT2D eigenvalue weighted by atomic mass is 32.2. The summed E-state index contributed by atoms with van der Waals surface area (Å²) in [6.45, 7) is 6.72. The highest BCUT2D eigenvalue weighted by Gasteiger charge is 2.45. The predicted octanol–water partition coefficient (Wildman–Crippen LogP) is 2.03. The molecule has 0 radical (unpaired) electrons. The van der Waals surface area contributed by atoms with Gasteiger partial charge in [0.1, 0.15) is 6.04 Å². The molecular weight excluding hydrogens is 366 g/mol. The lowest BCUT2D eigenvalue weighted by atomic mass is 9.95. The number of hydroxylamine groups is 2. The second-order valence-electron chi connectivity index (χ2n) is 8.10. The summed E-state index contributed by atoms with van der Waals surface area (Å²) in [6.07, 6.45) is 5.77. The summed E-state index contributed by atoms with van der Waals surface area (Å²) in [5.74, 6) is 0.0782. The van der Waals surface area contributed by atoms with Crippen molar-refractivity contribution in [3.05, 3.63) is 0 Å².